The Morgan fingerprint density at radius 1 is 0.875 bits per heavy atom. The van der Waals surface area contributed by atoms with Gasteiger partial charge in [0.2, 0.25) is 5.95 Å². The van der Waals surface area contributed by atoms with Crippen LogP contribution in [0.4, 0.5) is 17.3 Å². The van der Waals surface area contributed by atoms with Crippen molar-refractivity contribution in [1.29, 1.82) is 0 Å². The molecule has 6 rings (SSSR count). The van der Waals surface area contributed by atoms with Gasteiger partial charge in [0.15, 0.2) is 0 Å². The Morgan fingerprint density at radius 3 is 2.41 bits per heavy atom. The maximum atomic E-state index is 6.19. The van der Waals surface area contributed by atoms with Gasteiger partial charge >= 0.3 is 0 Å². The largest absolute Gasteiger partial charge is 0.399 e. The van der Waals surface area contributed by atoms with Crippen LogP contribution in [0.25, 0.3) is 16.9 Å². The number of aromatic nitrogens is 4. The van der Waals surface area contributed by atoms with Gasteiger partial charge < -0.3 is 15.5 Å². The quantitative estimate of drug-likeness (QED) is 0.627. The first-order valence-electron chi connectivity index (χ1n) is 11.9. The molecule has 3 aliphatic rings. The van der Waals surface area contributed by atoms with E-state index < -0.39 is 0 Å². The second kappa shape index (κ2) is 7.50. The van der Waals surface area contributed by atoms with Crippen molar-refractivity contribution in [2.75, 3.05) is 41.7 Å². The van der Waals surface area contributed by atoms with E-state index in [1.165, 1.54) is 44.2 Å². The zero-order valence-electron chi connectivity index (χ0n) is 18.8. The Kier molecular flexibility index (Phi) is 4.59. The van der Waals surface area contributed by atoms with Crippen LogP contribution in [0.2, 0.25) is 0 Å². The van der Waals surface area contributed by atoms with Crippen LogP contribution in [-0.2, 0) is 0 Å². The van der Waals surface area contributed by atoms with Crippen molar-refractivity contribution in [3.63, 3.8) is 0 Å². The third kappa shape index (κ3) is 3.59. The lowest BCUT2D eigenvalue weighted by molar-refractivity contribution is 0.384. The van der Waals surface area contributed by atoms with Crippen molar-refractivity contribution in [2.45, 2.75) is 45.4 Å². The molecule has 0 atom stereocenters. The number of aryl methyl sites for hydroxylation is 1. The lowest BCUT2D eigenvalue weighted by atomic mass is 9.93. The monoisotopic (exact) mass is 429 g/mol. The number of piperidine rings is 1. The molecule has 7 nitrogen and oxygen atoms in total. The molecule has 32 heavy (non-hydrogen) atoms. The minimum atomic E-state index is 0.647. The van der Waals surface area contributed by atoms with Gasteiger partial charge in [-0.1, -0.05) is 0 Å². The van der Waals surface area contributed by atoms with Crippen LogP contribution in [0, 0.1) is 12.3 Å². The van der Waals surface area contributed by atoms with Crippen LogP contribution < -0.4 is 15.5 Å². The third-order valence-corrected chi connectivity index (χ3v) is 7.48. The Labute approximate surface area is 189 Å². The van der Waals surface area contributed by atoms with Crippen LogP contribution >= 0.6 is 0 Å². The molecule has 1 aromatic carbocycles. The van der Waals surface area contributed by atoms with Crippen LogP contribution in [0.3, 0.4) is 0 Å². The van der Waals surface area contributed by atoms with Gasteiger partial charge in [-0.25, -0.2) is 14.6 Å². The van der Waals surface area contributed by atoms with E-state index >= 15 is 0 Å². The molecule has 0 radical (unpaired) electrons. The fourth-order valence-electron chi connectivity index (χ4n) is 5.23. The lowest BCUT2D eigenvalue weighted by Crippen LogP contribution is -2.35. The molecule has 0 amide bonds. The molecule has 2 N–H and O–H groups in total. The van der Waals surface area contributed by atoms with E-state index in [9.17, 15) is 0 Å². The number of rotatable bonds is 4. The summed E-state index contributed by atoms with van der Waals surface area (Å²) in [7, 11) is 0. The van der Waals surface area contributed by atoms with Gasteiger partial charge in [0, 0.05) is 49.3 Å². The summed E-state index contributed by atoms with van der Waals surface area (Å²) >= 11 is 0. The van der Waals surface area contributed by atoms with Gasteiger partial charge in [-0.15, -0.1) is 0 Å². The Balaban J connectivity index is 1.32. The standard InChI is InChI=1S/C25H31N7/c1-18-14-21(29-24(28-18)31-10-2-3-11-31)19-16-27-32(17-19)22-5-4-20(26)15-23(22)30-12-8-25(6-7-25)9-13-30/h4-5,14-17H,2-3,6-13,26H2,1H3. The van der Waals surface area contributed by atoms with Crippen molar-refractivity contribution >= 4 is 17.3 Å². The lowest BCUT2D eigenvalue weighted by Gasteiger charge is -2.35. The second-order valence-electron chi connectivity index (χ2n) is 9.80. The number of anilines is 3. The second-order valence-corrected chi connectivity index (χ2v) is 9.80. The molecule has 3 aromatic rings. The summed E-state index contributed by atoms with van der Waals surface area (Å²) < 4.78 is 1.97. The first-order chi connectivity index (χ1) is 15.6. The van der Waals surface area contributed by atoms with Gasteiger partial charge in [0.25, 0.3) is 0 Å². The van der Waals surface area contributed by atoms with Crippen molar-refractivity contribution in [3.05, 3.63) is 42.4 Å². The van der Waals surface area contributed by atoms with Crippen molar-refractivity contribution in [1.82, 2.24) is 19.7 Å². The maximum absolute atomic E-state index is 6.19. The van der Waals surface area contributed by atoms with Crippen LogP contribution in [0.15, 0.2) is 36.7 Å². The summed E-state index contributed by atoms with van der Waals surface area (Å²) in [4.78, 5) is 14.3. The summed E-state index contributed by atoms with van der Waals surface area (Å²) in [6.07, 6.45) is 11.8. The molecule has 1 aliphatic carbocycles. The predicted molar refractivity (Wildman–Crippen MR) is 128 cm³/mol. The summed E-state index contributed by atoms with van der Waals surface area (Å²) in [5.74, 6) is 0.834. The van der Waals surface area contributed by atoms with Gasteiger partial charge in [0.1, 0.15) is 0 Å². The van der Waals surface area contributed by atoms with E-state index in [2.05, 4.69) is 33.1 Å². The number of nitrogens with two attached hydrogens (primary N) is 1. The van der Waals surface area contributed by atoms with Gasteiger partial charge in [-0.05, 0) is 75.1 Å². The van der Waals surface area contributed by atoms with Gasteiger partial charge in [-0.3, -0.25) is 0 Å². The van der Waals surface area contributed by atoms with E-state index in [4.69, 9.17) is 15.8 Å². The molecule has 1 saturated carbocycles. The zero-order chi connectivity index (χ0) is 21.7. The van der Waals surface area contributed by atoms with E-state index in [1.54, 1.807) is 0 Å². The molecular weight excluding hydrogens is 398 g/mol. The van der Waals surface area contributed by atoms with Crippen molar-refractivity contribution < 1.29 is 0 Å². The minimum Gasteiger partial charge on any atom is -0.399 e. The number of benzene rings is 1. The Bertz CT molecular complexity index is 1130. The summed E-state index contributed by atoms with van der Waals surface area (Å²) in [5, 5.41) is 4.72. The Morgan fingerprint density at radius 2 is 1.66 bits per heavy atom. The highest BCUT2D eigenvalue weighted by Gasteiger charge is 2.44. The molecule has 3 fully saturated rings. The average molecular weight is 430 g/mol. The number of hydrogen-bond acceptors (Lipinski definition) is 6. The molecule has 1 spiro atoms. The first-order valence-corrected chi connectivity index (χ1v) is 11.9. The number of hydrogen-bond donors (Lipinski definition) is 1. The maximum Gasteiger partial charge on any atom is 0.226 e. The highest BCUT2D eigenvalue weighted by molar-refractivity contribution is 5.69. The smallest absolute Gasteiger partial charge is 0.226 e. The molecule has 0 unspecified atom stereocenters. The van der Waals surface area contributed by atoms with Crippen LogP contribution in [-0.4, -0.2) is 45.9 Å². The molecule has 7 heteroatoms. The van der Waals surface area contributed by atoms with Crippen molar-refractivity contribution in [2.24, 2.45) is 5.41 Å². The molecule has 166 valence electrons. The first kappa shape index (κ1) is 19.6. The fourth-order valence-corrected chi connectivity index (χ4v) is 5.23. The molecule has 0 bridgehead atoms. The highest BCUT2D eigenvalue weighted by atomic mass is 15.3. The van der Waals surface area contributed by atoms with Gasteiger partial charge in [0.05, 0.1) is 23.3 Å². The molecule has 4 heterocycles. The summed E-state index contributed by atoms with van der Waals surface area (Å²) in [5.41, 5.74) is 12.8. The normalized spacial score (nSPS) is 19.7. The number of nitrogens with zero attached hydrogens (tertiary/aromatic N) is 6. The zero-order valence-corrected chi connectivity index (χ0v) is 18.8. The average Bonchev–Trinajstić information content (AvgIpc) is 3.22. The molecule has 2 aliphatic heterocycles. The number of nitrogen functional groups attached to an aromatic ring is 1. The predicted octanol–water partition coefficient (Wildman–Crippen LogP) is 4.20. The molecule has 2 aromatic heterocycles. The summed E-state index contributed by atoms with van der Waals surface area (Å²) in [6.45, 7) is 6.29. The minimum absolute atomic E-state index is 0.647. The van der Waals surface area contributed by atoms with E-state index in [0.717, 1.165) is 60.5 Å². The molecular formula is C25H31N7. The van der Waals surface area contributed by atoms with Crippen LogP contribution in [0.1, 0.15) is 44.2 Å². The van der Waals surface area contributed by atoms with Crippen LogP contribution in [0.5, 0.6) is 0 Å². The summed E-state index contributed by atoms with van der Waals surface area (Å²) in [6, 6.07) is 8.20. The van der Waals surface area contributed by atoms with Gasteiger partial charge in [-0.2, -0.15) is 5.10 Å². The van der Waals surface area contributed by atoms with Crippen molar-refractivity contribution in [3.8, 4) is 16.9 Å². The molecule has 2 saturated heterocycles. The Hall–Kier alpha value is -3.09. The fraction of sp³-hybridized carbons (Fsp3) is 0.480. The van der Waals surface area contributed by atoms with E-state index in [0.29, 0.717) is 5.41 Å². The highest BCUT2D eigenvalue weighted by Crippen LogP contribution is 2.54. The van der Waals surface area contributed by atoms with E-state index in [1.807, 2.05) is 29.9 Å². The van der Waals surface area contributed by atoms with E-state index in [-0.39, 0.29) is 0 Å². The SMILES string of the molecule is Cc1cc(-c2cnn(-c3ccc(N)cc3N3CCC4(CC3)CC4)c2)nc(N2CCCC2)n1. The third-order valence-electron chi connectivity index (χ3n) is 7.48. The topological polar surface area (TPSA) is 76.1 Å².